The minimum atomic E-state index is -1.08. The predicted octanol–water partition coefficient (Wildman–Crippen LogP) is 1.18. The van der Waals surface area contributed by atoms with Crippen LogP contribution in [0.5, 0.6) is 0 Å². The third kappa shape index (κ3) is 6.42. The van der Waals surface area contributed by atoms with Crippen LogP contribution in [-0.2, 0) is 9.59 Å². The predicted molar refractivity (Wildman–Crippen MR) is 77.9 cm³/mol. The Labute approximate surface area is 122 Å². The van der Waals surface area contributed by atoms with E-state index >= 15 is 0 Å². The van der Waals surface area contributed by atoms with Crippen molar-refractivity contribution in [1.29, 1.82) is 0 Å². The summed E-state index contributed by atoms with van der Waals surface area (Å²) >= 11 is 0. The van der Waals surface area contributed by atoms with Gasteiger partial charge >= 0.3 is 12.0 Å². The van der Waals surface area contributed by atoms with E-state index in [2.05, 4.69) is 16.0 Å². The van der Waals surface area contributed by atoms with Crippen molar-refractivity contribution in [1.82, 2.24) is 10.6 Å². The zero-order valence-electron chi connectivity index (χ0n) is 11.8. The number of amides is 3. The number of rotatable bonds is 7. The van der Waals surface area contributed by atoms with Gasteiger partial charge in [-0.3, -0.25) is 4.79 Å². The largest absolute Gasteiger partial charge is 0.480 e. The van der Waals surface area contributed by atoms with Gasteiger partial charge in [0.1, 0.15) is 6.04 Å². The molecule has 0 bridgehead atoms. The minimum Gasteiger partial charge on any atom is -0.480 e. The van der Waals surface area contributed by atoms with Gasteiger partial charge in [0.25, 0.3) is 0 Å². The quantitative estimate of drug-likeness (QED) is 0.605. The molecule has 0 aliphatic heterocycles. The van der Waals surface area contributed by atoms with E-state index in [-0.39, 0.29) is 6.54 Å². The van der Waals surface area contributed by atoms with Crippen LogP contribution in [0, 0.1) is 0 Å². The highest BCUT2D eigenvalue weighted by atomic mass is 16.4. The average molecular weight is 293 g/mol. The van der Waals surface area contributed by atoms with Gasteiger partial charge in [-0.05, 0) is 18.6 Å². The summed E-state index contributed by atoms with van der Waals surface area (Å²) in [5.74, 6) is -1.63. The Morgan fingerprint density at radius 2 is 1.86 bits per heavy atom. The van der Waals surface area contributed by atoms with Crippen molar-refractivity contribution in [2.45, 2.75) is 25.8 Å². The Morgan fingerprint density at radius 1 is 1.19 bits per heavy atom. The number of benzene rings is 1. The molecule has 3 amide bonds. The summed E-state index contributed by atoms with van der Waals surface area (Å²) in [5.41, 5.74) is 0.602. The van der Waals surface area contributed by atoms with Crippen LogP contribution in [0.2, 0.25) is 0 Å². The van der Waals surface area contributed by atoms with Crippen LogP contribution in [0.4, 0.5) is 10.5 Å². The second-order valence-electron chi connectivity index (χ2n) is 4.42. The Hall–Kier alpha value is -2.57. The van der Waals surface area contributed by atoms with E-state index in [1.807, 2.05) is 13.0 Å². The number of nitrogens with one attached hydrogen (secondary N) is 3. The van der Waals surface area contributed by atoms with E-state index in [1.54, 1.807) is 24.3 Å². The van der Waals surface area contributed by atoms with Gasteiger partial charge in [-0.2, -0.15) is 0 Å². The third-order valence-electron chi connectivity index (χ3n) is 2.65. The monoisotopic (exact) mass is 293 g/mol. The molecule has 0 spiro atoms. The van der Waals surface area contributed by atoms with Gasteiger partial charge in [0, 0.05) is 5.69 Å². The van der Waals surface area contributed by atoms with Gasteiger partial charge in [0.2, 0.25) is 5.91 Å². The van der Waals surface area contributed by atoms with Gasteiger partial charge in [0.15, 0.2) is 0 Å². The van der Waals surface area contributed by atoms with Gasteiger partial charge < -0.3 is 21.1 Å². The maximum Gasteiger partial charge on any atom is 0.326 e. The van der Waals surface area contributed by atoms with Crippen LogP contribution < -0.4 is 16.0 Å². The number of para-hydroxylation sites is 1. The molecule has 0 aliphatic rings. The normalized spacial score (nSPS) is 11.3. The van der Waals surface area contributed by atoms with Crippen molar-refractivity contribution in [3.63, 3.8) is 0 Å². The van der Waals surface area contributed by atoms with Crippen LogP contribution in [0.15, 0.2) is 30.3 Å². The summed E-state index contributed by atoms with van der Waals surface area (Å²) in [6, 6.07) is 7.31. The second-order valence-corrected chi connectivity index (χ2v) is 4.42. The molecule has 1 atom stereocenters. The lowest BCUT2D eigenvalue weighted by atomic mass is 10.1. The number of urea groups is 1. The molecule has 21 heavy (non-hydrogen) atoms. The summed E-state index contributed by atoms with van der Waals surface area (Å²) < 4.78 is 0. The zero-order chi connectivity index (χ0) is 15.7. The first kappa shape index (κ1) is 16.5. The molecule has 1 aromatic carbocycles. The second kappa shape index (κ2) is 8.57. The number of carbonyl (C=O) groups is 3. The van der Waals surface area contributed by atoms with E-state index in [1.165, 1.54) is 0 Å². The molecule has 0 heterocycles. The molecule has 7 heteroatoms. The number of hydrogen-bond donors (Lipinski definition) is 4. The molecule has 0 saturated heterocycles. The Balaban J connectivity index is 2.35. The lowest BCUT2D eigenvalue weighted by Crippen LogP contribution is -2.46. The fraction of sp³-hybridized carbons (Fsp3) is 0.357. The first-order chi connectivity index (χ1) is 10.0. The van der Waals surface area contributed by atoms with Crippen molar-refractivity contribution < 1.29 is 19.5 Å². The SMILES string of the molecule is CCCC(NC(=O)CNC(=O)Nc1ccccc1)C(=O)O. The van der Waals surface area contributed by atoms with Gasteiger partial charge in [-0.15, -0.1) is 0 Å². The van der Waals surface area contributed by atoms with Gasteiger partial charge in [-0.1, -0.05) is 31.5 Å². The fourth-order valence-electron chi connectivity index (χ4n) is 1.65. The molecule has 0 saturated carbocycles. The Morgan fingerprint density at radius 3 is 2.43 bits per heavy atom. The molecule has 4 N–H and O–H groups in total. The van der Waals surface area contributed by atoms with Gasteiger partial charge in [-0.25, -0.2) is 9.59 Å². The maximum absolute atomic E-state index is 11.6. The van der Waals surface area contributed by atoms with Crippen molar-refractivity contribution in [3.8, 4) is 0 Å². The molecule has 0 aliphatic carbocycles. The average Bonchev–Trinajstić information content (AvgIpc) is 2.45. The third-order valence-corrected chi connectivity index (χ3v) is 2.65. The molecule has 0 fully saturated rings. The highest BCUT2D eigenvalue weighted by Crippen LogP contribution is 2.03. The molecule has 0 aromatic heterocycles. The van der Waals surface area contributed by atoms with E-state index in [0.717, 1.165) is 0 Å². The lowest BCUT2D eigenvalue weighted by Gasteiger charge is -2.14. The van der Waals surface area contributed by atoms with E-state index < -0.39 is 23.9 Å². The smallest absolute Gasteiger partial charge is 0.326 e. The Kier molecular flexibility index (Phi) is 6.73. The minimum absolute atomic E-state index is 0.286. The topological polar surface area (TPSA) is 108 Å². The maximum atomic E-state index is 11.6. The summed E-state index contributed by atoms with van der Waals surface area (Å²) in [7, 11) is 0. The number of aliphatic carboxylic acids is 1. The number of anilines is 1. The first-order valence-corrected chi connectivity index (χ1v) is 6.65. The molecular formula is C14H19N3O4. The van der Waals surface area contributed by atoms with Crippen LogP contribution in [0.25, 0.3) is 0 Å². The summed E-state index contributed by atoms with van der Waals surface area (Å²) in [5, 5.41) is 16.2. The standard InChI is InChI=1S/C14H19N3O4/c1-2-6-11(13(19)20)17-12(18)9-15-14(21)16-10-7-4-3-5-8-10/h3-5,7-8,11H,2,6,9H2,1H3,(H,17,18)(H,19,20)(H2,15,16,21). The lowest BCUT2D eigenvalue weighted by molar-refractivity contribution is -0.141. The van der Waals surface area contributed by atoms with Crippen LogP contribution in [-0.4, -0.2) is 35.6 Å². The molecule has 7 nitrogen and oxygen atoms in total. The first-order valence-electron chi connectivity index (χ1n) is 6.65. The molecule has 114 valence electrons. The number of carboxylic acid groups (broad SMARTS) is 1. The molecule has 1 aromatic rings. The molecule has 1 unspecified atom stereocenters. The Bertz CT molecular complexity index is 490. The van der Waals surface area contributed by atoms with Crippen LogP contribution in [0.3, 0.4) is 0 Å². The highest BCUT2D eigenvalue weighted by molar-refractivity contribution is 5.93. The van der Waals surface area contributed by atoms with E-state index in [4.69, 9.17) is 5.11 Å². The molecule has 0 radical (unpaired) electrons. The van der Waals surface area contributed by atoms with Crippen molar-refractivity contribution in [2.24, 2.45) is 0 Å². The van der Waals surface area contributed by atoms with Crippen molar-refractivity contribution >= 4 is 23.6 Å². The van der Waals surface area contributed by atoms with E-state index in [0.29, 0.717) is 18.5 Å². The van der Waals surface area contributed by atoms with Crippen molar-refractivity contribution in [3.05, 3.63) is 30.3 Å². The summed E-state index contributed by atoms with van der Waals surface area (Å²) in [6.07, 6.45) is 0.983. The molecule has 1 rings (SSSR count). The van der Waals surface area contributed by atoms with Crippen LogP contribution in [0.1, 0.15) is 19.8 Å². The summed E-state index contributed by atoms with van der Waals surface area (Å²) in [6.45, 7) is 1.54. The zero-order valence-corrected chi connectivity index (χ0v) is 11.8. The van der Waals surface area contributed by atoms with E-state index in [9.17, 15) is 14.4 Å². The molecular weight excluding hydrogens is 274 g/mol. The highest BCUT2D eigenvalue weighted by Gasteiger charge is 2.18. The van der Waals surface area contributed by atoms with Gasteiger partial charge in [0.05, 0.1) is 6.54 Å². The fourth-order valence-corrected chi connectivity index (χ4v) is 1.65. The number of hydrogen-bond acceptors (Lipinski definition) is 3. The number of carbonyl (C=O) groups excluding carboxylic acids is 2. The number of carboxylic acids is 1. The summed E-state index contributed by atoms with van der Waals surface area (Å²) in [4.78, 5) is 34.0. The van der Waals surface area contributed by atoms with Crippen LogP contribution >= 0.6 is 0 Å². The van der Waals surface area contributed by atoms with Crippen molar-refractivity contribution in [2.75, 3.05) is 11.9 Å².